The van der Waals surface area contributed by atoms with Crippen LogP contribution in [0.25, 0.3) is 0 Å². The lowest BCUT2D eigenvalue weighted by atomic mass is 9.95. The van der Waals surface area contributed by atoms with Crippen LogP contribution in [0.3, 0.4) is 0 Å². The summed E-state index contributed by atoms with van der Waals surface area (Å²) in [7, 11) is 0. The summed E-state index contributed by atoms with van der Waals surface area (Å²) in [5.74, 6) is 0. The molecular formula is C13H20N4. The van der Waals surface area contributed by atoms with Gasteiger partial charge in [-0.1, -0.05) is 0 Å². The summed E-state index contributed by atoms with van der Waals surface area (Å²) < 4.78 is 1.94. The second-order valence-corrected chi connectivity index (χ2v) is 5.41. The average Bonchev–Trinajstić information content (AvgIpc) is 2.97. The van der Waals surface area contributed by atoms with Crippen molar-refractivity contribution in [1.29, 1.82) is 5.26 Å². The Bertz CT molecular complexity index is 427. The molecular weight excluding hydrogens is 212 g/mol. The van der Waals surface area contributed by atoms with Gasteiger partial charge in [0.15, 0.2) is 0 Å². The smallest absolute Gasteiger partial charge is 0.106 e. The molecule has 1 aliphatic rings. The summed E-state index contributed by atoms with van der Waals surface area (Å²) in [6, 6.07) is 3.19. The number of aryl methyl sites for hydroxylation is 1. The number of nitrogens with one attached hydrogen (secondary N) is 1. The summed E-state index contributed by atoms with van der Waals surface area (Å²) in [5, 5.41) is 17.1. The summed E-state index contributed by atoms with van der Waals surface area (Å²) >= 11 is 0. The van der Waals surface area contributed by atoms with Crippen molar-refractivity contribution in [3.8, 4) is 6.07 Å². The lowest BCUT2D eigenvalue weighted by molar-refractivity contribution is 0.330. The van der Waals surface area contributed by atoms with Gasteiger partial charge in [-0.2, -0.15) is 10.4 Å². The van der Waals surface area contributed by atoms with E-state index in [9.17, 15) is 5.26 Å². The van der Waals surface area contributed by atoms with Gasteiger partial charge in [0.2, 0.25) is 0 Å². The van der Waals surface area contributed by atoms with Gasteiger partial charge < -0.3 is 0 Å². The molecule has 0 radical (unpaired) electrons. The van der Waals surface area contributed by atoms with E-state index in [1.807, 2.05) is 30.9 Å². The fourth-order valence-corrected chi connectivity index (χ4v) is 2.17. The third-order valence-corrected chi connectivity index (χ3v) is 3.23. The van der Waals surface area contributed by atoms with Crippen LogP contribution in [0.5, 0.6) is 0 Å². The third-order valence-electron chi connectivity index (χ3n) is 3.23. The van der Waals surface area contributed by atoms with Gasteiger partial charge in [0, 0.05) is 18.7 Å². The number of rotatable bonds is 5. The molecule has 0 aromatic carbocycles. The maximum absolute atomic E-state index is 9.32. The first-order chi connectivity index (χ1) is 8.02. The normalized spacial score (nSPS) is 20.6. The first-order valence-corrected chi connectivity index (χ1v) is 6.22. The van der Waals surface area contributed by atoms with Crippen LogP contribution in [-0.2, 0) is 0 Å². The van der Waals surface area contributed by atoms with Crippen LogP contribution in [0.1, 0.15) is 44.7 Å². The van der Waals surface area contributed by atoms with E-state index in [0.717, 1.165) is 12.0 Å². The van der Waals surface area contributed by atoms with Crippen LogP contribution in [0, 0.1) is 18.3 Å². The van der Waals surface area contributed by atoms with Crippen molar-refractivity contribution in [3.05, 3.63) is 18.0 Å². The minimum Gasteiger partial charge on any atom is -0.297 e. The molecule has 0 aliphatic heterocycles. The maximum Gasteiger partial charge on any atom is 0.106 e. The standard InChI is InChI=1S/C13H20N4/c1-10-7-15-17(8-10)11(2)6-13(3,9-14)16-12-4-5-12/h7-8,11-12,16H,4-6H2,1-3H3. The van der Waals surface area contributed by atoms with Gasteiger partial charge in [0.1, 0.15) is 5.54 Å². The van der Waals surface area contributed by atoms with E-state index in [0.29, 0.717) is 6.04 Å². The molecule has 2 atom stereocenters. The predicted octanol–water partition coefficient (Wildman–Crippen LogP) is 2.18. The molecule has 17 heavy (non-hydrogen) atoms. The molecule has 1 N–H and O–H groups in total. The summed E-state index contributed by atoms with van der Waals surface area (Å²) in [6.45, 7) is 6.12. The highest BCUT2D eigenvalue weighted by atomic mass is 15.3. The Labute approximate surface area is 103 Å². The van der Waals surface area contributed by atoms with E-state index in [1.165, 1.54) is 12.8 Å². The minimum atomic E-state index is -0.444. The number of hydrogen-bond acceptors (Lipinski definition) is 3. The molecule has 2 unspecified atom stereocenters. The van der Waals surface area contributed by atoms with E-state index in [4.69, 9.17) is 0 Å². The Hall–Kier alpha value is -1.34. The van der Waals surface area contributed by atoms with E-state index in [2.05, 4.69) is 23.4 Å². The highest BCUT2D eigenvalue weighted by molar-refractivity contribution is 5.09. The summed E-state index contributed by atoms with van der Waals surface area (Å²) in [4.78, 5) is 0. The van der Waals surface area contributed by atoms with Gasteiger partial charge in [-0.3, -0.25) is 10.00 Å². The minimum absolute atomic E-state index is 0.236. The third kappa shape index (κ3) is 3.07. The number of nitriles is 1. The van der Waals surface area contributed by atoms with Crippen LogP contribution < -0.4 is 5.32 Å². The highest BCUT2D eigenvalue weighted by Gasteiger charge is 2.34. The number of hydrogen-bond donors (Lipinski definition) is 1. The molecule has 4 heteroatoms. The first-order valence-electron chi connectivity index (χ1n) is 6.22. The zero-order valence-electron chi connectivity index (χ0n) is 10.8. The zero-order valence-corrected chi connectivity index (χ0v) is 10.8. The Morgan fingerprint density at radius 2 is 2.41 bits per heavy atom. The molecule has 2 rings (SSSR count). The van der Waals surface area contributed by atoms with Crippen LogP contribution >= 0.6 is 0 Å². The van der Waals surface area contributed by atoms with E-state index < -0.39 is 5.54 Å². The summed E-state index contributed by atoms with van der Waals surface area (Å²) in [6.07, 6.45) is 7.06. The lowest BCUT2D eigenvalue weighted by Crippen LogP contribution is -2.43. The molecule has 0 bridgehead atoms. The molecule has 4 nitrogen and oxygen atoms in total. The molecule has 0 amide bonds. The van der Waals surface area contributed by atoms with E-state index in [1.54, 1.807) is 0 Å². The molecule has 0 spiro atoms. The van der Waals surface area contributed by atoms with Crippen LogP contribution in [0.15, 0.2) is 12.4 Å². The van der Waals surface area contributed by atoms with Crippen LogP contribution in [0.4, 0.5) is 0 Å². The van der Waals surface area contributed by atoms with Gasteiger partial charge in [-0.05, 0) is 39.2 Å². The Balaban J connectivity index is 2.00. The highest BCUT2D eigenvalue weighted by Crippen LogP contribution is 2.27. The zero-order chi connectivity index (χ0) is 12.5. The Morgan fingerprint density at radius 1 is 1.71 bits per heavy atom. The molecule has 1 saturated carbocycles. The topological polar surface area (TPSA) is 53.6 Å². The Kier molecular flexibility index (Phi) is 3.21. The van der Waals surface area contributed by atoms with E-state index >= 15 is 0 Å². The molecule has 0 saturated heterocycles. The van der Waals surface area contributed by atoms with Crippen molar-refractivity contribution in [2.24, 2.45) is 0 Å². The maximum atomic E-state index is 9.32. The second kappa shape index (κ2) is 4.50. The van der Waals surface area contributed by atoms with Crippen molar-refractivity contribution >= 4 is 0 Å². The van der Waals surface area contributed by atoms with Gasteiger partial charge in [-0.25, -0.2) is 0 Å². The molecule has 1 fully saturated rings. The first kappa shape index (κ1) is 12.1. The largest absolute Gasteiger partial charge is 0.297 e. The van der Waals surface area contributed by atoms with Crippen molar-refractivity contribution < 1.29 is 0 Å². The van der Waals surface area contributed by atoms with Gasteiger partial charge in [0.05, 0.1) is 18.3 Å². The SMILES string of the molecule is Cc1cnn(C(C)CC(C)(C#N)NC2CC2)c1. The predicted molar refractivity (Wildman–Crippen MR) is 66.5 cm³/mol. The molecule has 92 valence electrons. The quantitative estimate of drug-likeness (QED) is 0.846. The fourth-order valence-electron chi connectivity index (χ4n) is 2.17. The van der Waals surface area contributed by atoms with Gasteiger partial charge >= 0.3 is 0 Å². The number of nitrogens with zero attached hydrogens (tertiary/aromatic N) is 3. The fraction of sp³-hybridized carbons (Fsp3) is 0.692. The van der Waals surface area contributed by atoms with Crippen LogP contribution in [0.2, 0.25) is 0 Å². The van der Waals surface area contributed by atoms with Gasteiger partial charge in [0.25, 0.3) is 0 Å². The van der Waals surface area contributed by atoms with Crippen LogP contribution in [-0.4, -0.2) is 21.4 Å². The number of aromatic nitrogens is 2. The van der Waals surface area contributed by atoms with Gasteiger partial charge in [-0.15, -0.1) is 0 Å². The van der Waals surface area contributed by atoms with Crippen molar-refractivity contribution in [2.75, 3.05) is 0 Å². The summed E-state index contributed by atoms with van der Waals surface area (Å²) in [5.41, 5.74) is 0.714. The van der Waals surface area contributed by atoms with E-state index in [-0.39, 0.29) is 6.04 Å². The lowest BCUT2D eigenvalue weighted by Gasteiger charge is -2.26. The van der Waals surface area contributed by atoms with Crippen molar-refractivity contribution in [3.63, 3.8) is 0 Å². The van der Waals surface area contributed by atoms with Crippen molar-refractivity contribution in [1.82, 2.24) is 15.1 Å². The molecule has 1 aromatic heterocycles. The molecule has 1 aromatic rings. The van der Waals surface area contributed by atoms with Crippen molar-refractivity contribution in [2.45, 2.75) is 57.7 Å². The average molecular weight is 232 g/mol. The Morgan fingerprint density at radius 3 is 2.88 bits per heavy atom. The molecule has 1 heterocycles. The molecule has 1 aliphatic carbocycles. The second-order valence-electron chi connectivity index (χ2n) is 5.41. The monoisotopic (exact) mass is 232 g/mol.